The zero-order valence-corrected chi connectivity index (χ0v) is 9.18. The molecule has 0 unspecified atom stereocenters. The Balaban J connectivity index is 0.000000187. The fourth-order valence-electron chi connectivity index (χ4n) is 1.13. The number of hydrogen-bond donors (Lipinski definition) is 1. The van der Waals surface area contributed by atoms with Gasteiger partial charge in [0.25, 0.3) is 0 Å². The van der Waals surface area contributed by atoms with E-state index in [0.717, 1.165) is 0 Å². The predicted molar refractivity (Wildman–Crippen MR) is 66.4 cm³/mol. The minimum absolute atomic E-state index is 0.176. The monoisotopic (exact) mass is 214 g/mol. The molecule has 2 aromatic rings. The van der Waals surface area contributed by atoms with Gasteiger partial charge in [0.1, 0.15) is 0 Å². The van der Waals surface area contributed by atoms with E-state index in [4.69, 9.17) is 5.11 Å². The molecule has 0 aliphatic heterocycles. The Hall–Kier alpha value is -2.09. The van der Waals surface area contributed by atoms with Crippen molar-refractivity contribution in [3.63, 3.8) is 0 Å². The van der Waals surface area contributed by atoms with Crippen molar-refractivity contribution in [2.75, 3.05) is 0 Å². The Morgan fingerprint density at radius 2 is 1.25 bits per heavy atom. The van der Waals surface area contributed by atoms with E-state index in [1.807, 2.05) is 0 Å². The first-order valence-electron chi connectivity index (χ1n) is 4.94. The van der Waals surface area contributed by atoms with Gasteiger partial charge in [-0.2, -0.15) is 0 Å². The maximum atomic E-state index is 9.60. The molecule has 1 N–H and O–H groups in total. The topological polar surface area (TPSA) is 37.3 Å². The predicted octanol–water partition coefficient (Wildman–Crippen LogP) is 3.49. The van der Waals surface area contributed by atoms with E-state index in [1.54, 1.807) is 0 Å². The van der Waals surface area contributed by atoms with Crippen LogP contribution in [-0.2, 0) is 4.79 Å². The van der Waals surface area contributed by atoms with Crippen LogP contribution in [0.15, 0.2) is 60.7 Å². The molecular weight excluding hydrogens is 200 g/mol. The molecule has 2 aromatic carbocycles. The summed E-state index contributed by atoms with van der Waals surface area (Å²) in [6.07, 6.45) is 0. The first kappa shape index (κ1) is 12.0. The van der Waals surface area contributed by atoms with Gasteiger partial charge in [-0.1, -0.05) is 55.1 Å². The fraction of sp³-hybridized carbons (Fsp3) is 0.0714. The molecule has 0 amide bonds. The molecule has 82 valence electrons. The minimum atomic E-state index is -0.935. The van der Waals surface area contributed by atoms with Crippen molar-refractivity contribution >= 4 is 16.7 Å². The van der Waals surface area contributed by atoms with Crippen LogP contribution in [0.25, 0.3) is 10.8 Å². The summed E-state index contributed by atoms with van der Waals surface area (Å²) < 4.78 is 0. The summed E-state index contributed by atoms with van der Waals surface area (Å²) >= 11 is 0. The van der Waals surface area contributed by atoms with Crippen LogP contribution in [0.1, 0.15) is 6.92 Å². The Labute approximate surface area is 94.8 Å². The van der Waals surface area contributed by atoms with Crippen molar-refractivity contribution in [3.05, 3.63) is 60.7 Å². The van der Waals surface area contributed by atoms with Crippen molar-refractivity contribution in [1.82, 2.24) is 0 Å². The summed E-state index contributed by atoms with van der Waals surface area (Å²) in [4.78, 5) is 9.60. The van der Waals surface area contributed by atoms with Gasteiger partial charge in [0.05, 0.1) is 0 Å². The Morgan fingerprint density at radius 1 is 1.00 bits per heavy atom. The average molecular weight is 214 g/mol. The quantitative estimate of drug-likeness (QED) is 0.738. The van der Waals surface area contributed by atoms with Crippen LogP contribution in [0.2, 0.25) is 0 Å². The minimum Gasteiger partial charge on any atom is -0.478 e. The van der Waals surface area contributed by atoms with Gasteiger partial charge in [0, 0.05) is 5.57 Å². The van der Waals surface area contributed by atoms with Crippen LogP contribution in [0.3, 0.4) is 0 Å². The van der Waals surface area contributed by atoms with Crippen molar-refractivity contribution in [2.24, 2.45) is 0 Å². The number of carboxylic acid groups (broad SMARTS) is 1. The highest BCUT2D eigenvalue weighted by atomic mass is 16.4. The normalized spacial score (nSPS) is 9.06. The number of carboxylic acids is 1. The van der Waals surface area contributed by atoms with Crippen LogP contribution >= 0.6 is 0 Å². The second kappa shape index (κ2) is 5.71. The zero-order valence-electron chi connectivity index (χ0n) is 9.18. The first-order chi connectivity index (χ1) is 7.61. The van der Waals surface area contributed by atoms with Gasteiger partial charge in [-0.05, 0) is 17.7 Å². The zero-order chi connectivity index (χ0) is 12.0. The smallest absolute Gasteiger partial charge is 0.330 e. The molecule has 0 saturated carbocycles. The largest absolute Gasteiger partial charge is 0.478 e. The lowest BCUT2D eigenvalue weighted by Gasteiger charge is -1.92. The van der Waals surface area contributed by atoms with E-state index in [1.165, 1.54) is 17.7 Å². The van der Waals surface area contributed by atoms with Crippen LogP contribution in [0, 0.1) is 0 Å². The van der Waals surface area contributed by atoms with E-state index in [9.17, 15) is 4.79 Å². The number of fused-ring (bicyclic) bond motifs is 1. The highest BCUT2D eigenvalue weighted by Gasteiger charge is 1.90. The fourth-order valence-corrected chi connectivity index (χ4v) is 1.13. The lowest BCUT2D eigenvalue weighted by Crippen LogP contribution is -1.92. The second-order valence-corrected chi connectivity index (χ2v) is 3.43. The molecule has 0 fully saturated rings. The van der Waals surface area contributed by atoms with Crippen molar-refractivity contribution < 1.29 is 9.90 Å². The second-order valence-electron chi connectivity index (χ2n) is 3.43. The average Bonchev–Trinajstić information content (AvgIpc) is 2.30. The third-order valence-corrected chi connectivity index (χ3v) is 2.02. The molecule has 0 aliphatic rings. The molecule has 0 aromatic heterocycles. The lowest BCUT2D eigenvalue weighted by atomic mass is 10.1. The van der Waals surface area contributed by atoms with Crippen molar-refractivity contribution in [1.29, 1.82) is 0 Å². The molecular formula is C14H14O2. The van der Waals surface area contributed by atoms with Gasteiger partial charge in [-0.15, -0.1) is 0 Å². The SMILES string of the molecule is C=C(C)C(=O)O.c1ccc2ccccc2c1. The Morgan fingerprint density at radius 3 is 1.44 bits per heavy atom. The Kier molecular flexibility index (Phi) is 4.28. The van der Waals surface area contributed by atoms with E-state index in [2.05, 4.69) is 55.1 Å². The molecule has 2 nitrogen and oxygen atoms in total. The van der Waals surface area contributed by atoms with E-state index >= 15 is 0 Å². The van der Waals surface area contributed by atoms with Crippen LogP contribution in [0.4, 0.5) is 0 Å². The van der Waals surface area contributed by atoms with E-state index in [-0.39, 0.29) is 5.57 Å². The summed E-state index contributed by atoms with van der Waals surface area (Å²) in [5, 5.41) is 10.5. The first-order valence-corrected chi connectivity index (χ1v) is 4.94. The van der Waals surface area contributed by atoms with E-state index < -0.39 is 5.97 Å². The van der Waals surface area contributed by atoms with Crippen LogP contribution in [-0.4, -0.2) is 11.1 Å². The van der Waals surface area contributed by atoms with Gasteiger partial charge in [-0.25, -0.2) is 4.79 Å². The third kappa shape index (κ3) is 3.58. The van der Waals surface area contributed by atoms with Gasteiger partial charge in [-0.3, -0.25) is 0 Å². The molecule has 0 radical (unpaired) electrons. The number of rotatable bonds is 1. The maximum Gasteiger partial charge on any atom is 0.330 e. The number of carbonyl (C=O) groups is 1. The molecule has 0 aliphatic carbocycles. The van der Waals surface area contributed by atoms with Gasteiger partial charge in [0.2, 0.25) is 0 Å². The van der Waals surface area contributed by atoms with Gasteiger partial charge in [0.15, 0.2) is 0 Å². The molecule has 2 rings (SSSR count). The molecule has 0 atom stereocenters. The highest BCUT2D eigenvalue weighted by Crippen LogP contribution is 2.11. The molecule has 2 heteroatoms. The lowest BCUT2D eigenvalue weighted by molar-refractivity contribution is -0.132. The van der Waals surface area contributed by atoms with Crippen molar-refractivity contribution in [2.45, 2.75) is 6.92 Å². The third-order valence-electron chi connectivity index (χ3n) is 2.02. The summed E-state index contributed by atoms with van der Waals surface area (Å²) in [5.41, 5.74) is 0.176. The number of hydrogen-bond acceptors (Lipinski definition) is 1. The summed E-state index contributed by atoms with van der Waals surface area (Å²) in [5.74, 6) is -0.935. The molecule has 0 saturated heterocycles. The highest BCUT2D eigenvalue weighted by molar-refractivity contribution is 5.84. The van der Waals surface area contributed by atoms with Gasteiger partial charge >= 0.3 is 5.97 Å². The molecule has 0 spiro atoms. The molecule has 16 heavy (non-hydrogen) atoms. The molecule has 0 heterocycles. The number of benzene rings is 2. The van der Waals surface area contributed by atoms with Gasteiger partial charge < -0.3 is 5.11 Å². The Bertz CT molecular complexity index is 423. The summed E-state index contributed by atoms with van der Waals surface area (Å²) in [7, 11) is 0. The number of aliphatic carboxylic acids is 1. The maximum absolute atomic E-state index is 9.60. The van der Waals surface area contributed by atoms with Crippen LogP contribution < -0.4 is 0 Å². The summed E-state index contributed by atoms with van der Waals surface area (Å²) in [6.45, 7) is 4.60. The summed E-state index contributed by atoms with van der Waals surface area (Å²) in [6, 6.07) is 16.7. The van der Waals surface area contributed by atoms with Crippen molar-refractivity contribution in [3.8, 4) is 0 Å². The van der Waals surface area contributed by atoms with Crippen LogP contribution in [0.5, 0.6) is 0 Å². The van der Waals surface area contributed by atoms with E-state index in [0.29, 0.717) is 0 Å². The molecule has 0 bridgehead atoms. The standard InChI is InChI=1S/C10H8.C4H6O2/c1-2-6-10-8-4-3-7-9(10)5-1;1-3(2)4(5)6/h1-8H;1H2,2H3,(H,5,6).